The van der Waals surface area contributed by atoms with Crippen molar-refractivity contribution in [3.05, 3.63) is 0 Å². The number of aliphatic carboxylic acids is 1. The van der Waals surface area contributed by atoms with E-state index in [2.05, 4.69) is 11.8 Å². The molecule has 0 aromatic carbocycles. The van der Waals surface area contributed by atoms with Gasteiger partial charge in [0.15, 0.2) is 0 Å². The molecule has 2 rings (SSSR count). The van der Waals surface area contributed by atoms with Crippen molar-refractivity contribution in [1.82, 2.24) is 4.90 Å². The normalized spacial score (nSPS) is 37.9. The second-order valence-electron chi connectivity index (χ2n) is 6.08. The first-order chi connectivity index (χ1) is 8.64. The summed E-state index contributed by atoms with van der Waals surface area (Å²) in [6, 6.07) is 0.516. The van der Waals surface area contributed by atoms with Crippen LogP contribution in [0.1, 0.15) is 65.2 Å². The maximum absolute atomic E-state index is 11.7. The van der Waals surface area contributed by atoms with E-state index in [-0.39, 0.29) is 0 Å². The number of likely N-dealkylation sites (tertiary alicyclic amines) is 1. The van der Waals surface area contributed by atoms with Crippen LogP contribution in [0.4, 0.5) is 0 Å². The first-order valence-corrected chi connectivity index (χ1v) is 7.64. The maximum atomic E-state index is 11.7. The molecule has 0 aromatic rings. The van der Waals surface area contributed by atoms with Crippen LogP contribution in [-0.4, -0.2) is 34.1 Å². The van der Waals surface area contributed by atoms with Crippen LogP contribution in [0.15, 0.2) is 0 Å². The summed E-state index contributed by atoms with van der Waals surface area (Å²) in [5.74, 6) is 0.217. The van der Waals surface area contributed by atoms with Gasteiger partial charge in [-0.15, -0.1) is 0 Å². The molecule has 0 bridgehead atoms. The van der Waals surface area contributed by atoms with Crippen molar-refractivity contribution in [3.63, 3.8) is 0 Å². The molecule has 1 aliphatic heterocycles. The highest BCUT2D eigenvalue weighted by Gasteiger charge is 2.49. The van der Waals surface area contributed by atoms with Crippen molar-refractivity contribution in [2.24, 2.45) is 5.92 Å². The summed E-state index contributed by atoms with van der Waals surface area (Å²) < 4.78 is 0. The fraction of sp³-hybridized carbons (Fsp3) is 0.933. The zero-order valence-electron chi connectivity index (χ0n) is 11.8. The minimum Gasteiger partial charge on any atom is -0.480 e. The lowest BCUT2D eigenvalue weighted by Crippen LogP contribution is -2.55. The first-order valence-electron chi connectivity index (χ1n) is 7.64. The van der Waals surface area contributed by atoms with E-state index in [4.69, 9.17) is 0 Å². The summed E-state index contributed by atoms with van der Waals surface area (Å²) in [4.78, 5) is 14.1. The van der Waals surface area contributed by atoms with E-state index >= 15 is 0 Å². The highest BCUT2D eigenvalue weighted by molar-refractivity contribution is 5.79. The van der Waals surface area contributed by atoms with Crippen molar-refractivity contribution in [2.45, 2.75) is 76.8 Å². The molecule has 0 radical (unpaired) electrons. The van der Waals surface area contributed by atoms with E-state index in [1.807, 2.05) is 6.92 Å². The van der Waals surface area contributed by atoms with Crippen molar-refractivity contribution in [1.29, 1.82) is 0 Å². The second kappa shape index (κ2) is 5.60. The topological polar surface area (TPSA) is 40.5 Å². The van der Waals surface area contributed by atoms with E-state index in [1.165, 1.54) is 32.1 Å². The van der Waals surface area contributed by atoms with Crippen LogP contribution in [0.3, 0.4) is 0 Å². The molecule has 1 heterocycles. The lowest BCUT2D eigenvalue weighted by Gasteiger charge is -2.43. The van der Waals surface area contributed by atoms with Gasteiger partial charge in [-0.05, 0) is 44.6 Å². The predicted octanol–water partition coefficient (Wildman–Crippen LogP) is 3.28. The second-order valence-corrected chi connectivity index (χ2v) is 6.08. The van der Waals surface area contributed by atoms with Crippen LogP contribution >= 0.6 is 0 Å². The fourth-order valence-corrected chi connectivity index (χ4v) is 4.11. The average molecular weight is 253 g/mol. The first kappa shape index (κ1) is 13.9. The highest BCUT2D eigenvalue weighted by Crippen LogP contribution is 2.40. The van der Waals surface area contributed by atoms with Crippen LogP contribution in [-0.2, 0) is 4.79 Å². The van der Waals surface area contributed by atoms with Crippen LogP contribution in [0.5, 0.6) is 0 Å². The van der Waals surface area contributed by atoms with E-state index in [1.54, 1.807) is 0 Å². The summed E-state index contributed by atoms with van der Waals surface area (Å²) in [6.07, 6.45) is 8.91. The Hall–Kier alpha value is -0.570. The van der Waals surface area contributed by atoms with Crippen molar-refractivity contribution in [2.75, 3.05) is 6.54 Å². The Labute approximate surface area is 111 Å². The minimum absolute atomic E-state index is 0.516. The lowest BCUT2D eigenvalue weighted by atomic mass is 9.81. The fourth-order valence-electron chi connectivity index (χ4n) is 4.11. The van der Waals surface area contributed by atoms with E-state index in [0.717, 1.165) is 31.7 Å². The minimum atomic E-state index is -0.596. The zero-order valence-corrected chi connectivity index (χ0v) is 11.8. The Balaban J connectivity index is 2.13. The molecule has 0 amide bonds. The van der Waals surface area contributed by atoms with Crippen molar-refractivity contribution in [3.8, 4) is 0 Å². The molecule has 3 atom stereocenters. The van der Waals surface area contributed by atoms with E-state index < -0.39 is 11.5 Å². The molecule has 3 nitrogen and oxygen atoms in total. The number of carbonyl (C=O) groups is 1. The largest absolute Gasteiger partial charge is 0.480 e. The van der Waals surface area contributed by atoms with Gasteiger partial charge in [0, 0.05) is 6.04 Å². The van der Waals surface area contributed by atoms with Gasteiger partial charge in [-0.25, -0.2) is 0 Å². The van der Waals surface area contributed by atoms with Gasteiger partial charge in [0.2, 0.25) is 0 Å². The van der Waals surface area contributed by atoms with Gasteiger partial charge in [-0.1, -0.05) is 33.1 Å². The number of carboxylic acid groups (broad SMARTS) is 1. The SMILES string of the molecule is CCC1CCCC(N2CCCC2(CC)C(=O)O)C1. The van der Waals surface area contributed by atoms with Crippen LogP contribution < -0.4 is 0 Å². The Bertz CT molecular complexity index is 305. The zero-order chi connectivity index (χ0) is 13.2. The number of carboxylic acids is 1. The third-order valence-electron chi connectivity index (χ3n) is 5.30. The van der Waals surface area contributed by atoms with Gasteiger partial charge in [0.25, 0.3) is 0 Å². The number of nitrogens with zero attached hydrogens (tertiary/aromatic N) is 1. The Morgan fingerprint density at radius 3 is 2.72 bits per heavy atom. The van der Waals surface area contributed by atoms with Gasteiger partial charge in [-0.2, -0.15) is 0 Å². The molecule has 2 fully saturated rings. The monoisotopic (exact) mass is 253 g/mol. The Morgan fingerprint density at radius 2 is 2.11 bits per heavy atom. The molecular formula is C15H27NO2. The molecule has 1 saturated heterocycles. The standard InChI is InChI=1S/C15H27NO2/c1-3-12-7-5-8-13(11-12)16-10-6-9-15(16,4-2)14(17)18/h12-13H,3-11H2,1-2H3,(H,17,18). The molecule has 2 aliphatic rings. The lowest BCUT2D eigenvalue weighted by molar-refractivity contribution is -0.152. The van der Waals surface area contributed by atoms with Crippen molar-refractivity contribution < 1.29 is 9.90 Å². The Kier molecular flexibility index (Phi) is 4.31. The average Bonchev–Trinajstić information content (AvgIpc) is 2.84. The van der Waals surface area contributed by atoms with Crippen LogP contribution in [0.2, 0.25) is 0 Å². The highest BCUT2D eigenvalue weighted by atomic mass is 16.4. The maximum Gasteiger partial charge on any atom is 0.324 e. The van der Waals surface area contributed by atoms with Gasteiger partial charge >= 0.3 is 5.97 Å². The molecule has 0 spiro atoms. The molecule has 1 aliphatic carbocycles. The molecule has 104 valence electrons. The smallest absolute Gasteiger partial charge is 0.324 e. The molecular weight excluding hydrogens is 226 g/mol. The van der Waals surface area contributed by atoms with Crippen LogP contribution in [0.25, 0.3) is 0 Å². The molecule has 1 N–H and O–H groups in total. The molecule has 3 heteroatoms. The van der Waals surface area contributed by atoms with E-state index in [9.17, 15) is 9.90 Å². The summed E-state index contributed by atoms with van der Waals surface area (Å²) in [5, 5.41) is 9.65. The third-order valence-corrected chi connectivity index (χ3v) is 5.30. The number of hydrogen-bond acceptors (Lipinski definition) is 2. The molecule has 18 heavy (non-hydrogen) atoms. The van der Waals surface area contributed by atoms with E-state index in [0.29, 0.717) is 6.04 Å². The molecule has 1 saturated carbocycles. The molecule has 0 aromatic heterocycles. The summed E-state index contributed by atoms with van der Waals surface area (Å²) in [7, 11) is 0. The number of rotatable bonds is 4. The number of hydrogen-bond donors (Lipinski definition) is 1. The van der Waals surface area contributed by atoms with Gasteiger partial charge in [0.05, 0.1) is 0 Å². The van der Waals surface area contributed by atoms with Crippen LogP contribution in [0, 0.1) is 5.92 Å². The summed E-state index contributed by atoms with van der Waals surface area (Å²) in [5.41, 5.74) is -0.555. The van der Waals surface area contributed by atoms with Gasteiger partial charge in [0.1, 0.15) is 5.54 Å². The third kappa shape index (κ3) is 2.29. The predicted molar refractivity (Wildman–Crippen MR) is 72.6 cm³/mol. The van der Waals surface area contributed by atoms with Crippen molar-refractivity contribution >= 4 is 5.97 Å². The quantitative estimate of drug-likeness (QED) is 0.836. The molecule has 3 unspecified atom stereocenters. The summed E-state index contributed by atoms with van der Waals surface area (Å²) in [6.45, 7) is 5.29. The van der Waals surface area contributed by atoms with Gasteiger partial charge < -0.3 is 5.11 Å². The Morgan fingerprint density at radius 1 is 1.33 bits per heavy atom. The summed E-state index contributed by atoms with van der Waals surface area (Å²) >= 11 is 0. The van der Waals surface area contributed by atoms with Gasteiger partial charge in [-0.3, -0.25) is 9.69 Å².